The standard InChI is InChI=1S/C36H75NO3/c1-3-4-5-6-7-8-9-10-11-12-13-14-15-16-17-18-19-20-21-22-23-24-25-26-27-28-29-30-31-37(32-34-38)33-35-40-36(2)39/h36,38-39H,3-35H2,1-2H3. The summed E-state index contributed by atoms with van der Waals surface area (Å²) in [7, 11) is 0. The molecule has 0 radical (unpaired) electrons. The maximum atomic E-state index is 9.22. The summed E-state index contributed by atoms with van der Waals surface area (Å²) in [5.41, 5.74) is 0. The van der Waals surface area contributed by atoms with Gasteiger partial charge >= 0.3 is 0 Å². The molecule has 2 N–H and O–H groups in total. The van der Waals surface area contributed by atoms with Gasteiger partial charge in [-0.15, -0.1) is 0 Å². The summed E-state index contributed by atoms with van der Waals surface area (Å²) in [4.78, 5) is 2.24. The smallest absolute Gasteiger partial charge is 0.151 e. The largest absolute Gasteiger partial charge is 0.395 e. The summed E-state index contributed by atoms with van der Waals surface area (Å²) in [6.45, 7) is 7.15. The van der Waals surface area contributed by atoms with Crippen LogP contribution >= 0.6 is 0 Å². The van der Waals surface area contributed by atoms with Crippen LogP contribution in [0.4, 0.5) is 0 Å². The molecule has 1 unspecified atom stereocenters. The van der Waals surface area contributed by atoms with Gasteiger partial charge in [0.2, 0.25) is 0 Å². The fraction of sp³-hybridized carbons (Fsp3) is 1.00. The van der Waals surface area contributed by atoms with Gasteiger partial charge in [0.15, 0.2) is 6.29 Å². The molecule has 0 saturated heterocycles. The Labute approximate surface area is 252 Å². The lowest BCUT2D eigenvalue weighted by atomic mass is 10.0. The predicted molar refractivity (Wildman–Crippen MR) is 176 cm³/mol. The Bertz CT molecular complexity index is 446. The predicted octanol–water partition coefficient (Wildman–Crippen LogP) is 10.6. The van der Waals surface area contributed by atoms with Crippen molar-refractivity contribution in [2.45, 2.75) is 200 Å². The highest BCUT2D eigenvalue weighted by atomic mass is 16.6. The highest BCUT2D eigenvalue weighted by Crippen LogP contribution is 2.16. The number of aliphatic hydroxyl groups is 2. The maximum Gasteiger partial charge on any atom is 0.151 e. The molecule has 0 aromatic heterocycles. The second-order valence-electron chi connectivity index (χ2n) is 12.6. The highest BCUT2D eigenvalue weighted by Gasteiger charge is 2.05. The second-order valence-corrected chi connectivity index (χ2v) is 12.6. The first-order valence-electron chi connectivity index (χ1n) is 18.3. The molecule has 40 heavy (non-hydrogen) atoms. The van der Waals surface area contributed by atoms with Crippen molar-refractivity contribution in [3.63, 3.8) is 0 Å². The van der Waals surface area contributed by atoms with Gasteiger partial charge in [0, 0.05) is 13.1 Å². The quantitative estimate of drug-likeness (QED) is 0.0589. The van der Waals surface area contributed by atoms with E-state index in [1.807, 2.05) is 0 Å². The van der Waals surface area contributed by atoms with Gasteiger partial charge in [-0.25, -0.2) is 0 Å². The molecular formula is C36H75NO3. The molecule has 0 spiro atoms. The minimum absolute atomic E-state index is 0.189. The van der Waals surface area contributed by atoms with Gasteiger partial charge in [-0.2, -0.15) is 0 Å². The molecule has 0 aliphatic rings. The van der Waals surface area contributed by atoms with Crippen molar-refractivity contribution < 1.29 is 14.9 Å². The third-order valence-corrected chi connectivity index (χ3v) is 8.51. The molecule has 0 fully saturated rings. The molecule has 1 atom stereocenters. The number of nitrogens with zero attached hydrogens (tertiary/aromatic N) is 1. The molecule has 0 rings (SSSR count). The summed E-state index contributed by atoms with van der Waals surface area (Å²) < 4.78 is 5.22. The van der Waals surface area contributed by atoms with E-state index in [0.717, 1.165) is 13.1 Å². The zero-order chi connectivity index (χ0) is 29.2. The van der Waals surface area contributed by atoms with Crippen LogP contribution in [0.5, 0.6) is 0 Å². The number of unbranched alkanes of at least 4 members (excludes halogenated alkanes) is 27. The molecule has 4 heteroatoms. The van der Waals surface area contributed by atoms with E-state index in [-0.39, 0.29) is 6.61 Å². The van der Waals surface area contributed by atoms with Crippen LogP contribution in [0.3, 0.4) is 0 Å². The van der Waals surface area contributed by atoms with Gasteiger partial charge in [0.05, 0.1) is 13.2 Å². The van der Waals surface area contributed by atoms with E-state index in [4.69, 9.17) is 4.74 Å². The fourth-order valence-corrected chi connectivity index (χ4v) is 5.83. The molecule has 0 saturated carbocycles. The van der Waals surface area contributed by atoms with Crippen molar-refractivity contribution in [1.82, 2.24) is 4.90 Å². The van der Waals surface area contributed by atoms with Gasteiger partial charge in [-0.05, 0) is 19.9 Å². The average Bonchev–Trinajstić information content (AvgIpc) is 2.94. The van der Waals surface area contributed by atoms with Crippen molar-refractivity contribution in [2.24, 2.45) is 0 Å². The Morgan fingerprint density at radius 2 is 0.750 bits per heavy atom. The van der Waals surface area contributed by atoms with Crippen LogP contribution in [0.15, 0.2) is 0 Å². The summed E-state index contributed by atoms with van der Waals surface area (Å²) >= 11 is 0. The van der Waals surface area contributed by atoms with Gasteiger partial charge in [-0.3, -0.25) is 4.90 Å². The molecule has 0 heterocycles. The van der Waals surface area contributed by atoms with Crippen LogP contribution in [-0.2, 0) is 4.74 Å². The summed E-state index contributed by atoms with van der Waals surface area (Å²) in [6, 6.07) is 0. The number of rotatable bonds is 35. The molecule has 242 valence electrons. The van der Waals surface area contributed by atoms with Gasteiger partial charge in [0.1, 0.15) is 0 Å². The van der Waals surface area contributed by atoms with Crippen molar-refractivity contribution in [1.29, 1.82) is 0 Å². The molecular weight excluding hydrogens is 494 g/mol. The Morgan fingerprint density at radius 3 is 1.02 bits per heavy atom. The lowest BCUT2D eigenvalue weighted by Crippen LogP contribution is -2.32. The minimum atomic E-state index is -0.704. The van der Waals surface area contributed by atoms with E-state index in [1.165, 1.54) is 180 Å². The zero-order valence-corrected chi connectivity index (χ0v) is 27.7. The Balaban J connectivity index is 3.18. The molecule has 0 aromatic rings. The molecule has 0 aliphatic carbocycles. The van der Waals surface area contributed by atoms with Crippen molar-refractivity contribution in [3.05, 3.63) is 0 Å². The zero-order valence-electron chi connectivity index (χ0n) is 27.7. The van der Waals surface area contributed by atoms with Crippen LogP contribution in [0, 0.1) is 0 Å². The van der Waals surface area contributed by atoms with Gasteiger partial charge in [-0.1, -0.05) is 180 Å². The fourth-order valence-electron chi connectivity index (χ4n) is 5.83. The Kier molecular flexibility index (Phi) is 34.9. The summed E-state index contributed by atoms with van der Waals surface area (Å²) in [5, 5.41) is 18.4. The van der Waals surface area contributed by atoms with Crippen LogP contribution in [0.2, 0.25) is 0 Å². The molecule has 0 amide bonds. The third kappa shape index (κ3) is 34.0. The molecule has 0 aromatic carbocycles. The van der Waals surface area contributed by atoms with Gasteiger partial charge < -0.3 is 14.9 Å². The van der Waals surface area contributed by atoms with Crippen molar-refractivity contribution in [3.8, 4) is 0 Å². The van der Waals surface area contributed by atoms with E-state index in [2.05, 4.69) is 11.8 Å². The maximum absolute atomic E-state index is 9.22. The minimum Gasteiger partial charge on any atom is -0.395 e. The topological polar surface area (TPSA) is 52.9 Å². The average molecular weight is 570 g/mol. The summed E-state index contributed by atoms with van der Waals surface area (Å²) in [6.07, 6.45) is 39.3. The van der Waals surface area contributed by atoms with E-state index < -0.39 is 6.29 Å². The summed E-state index contributed by atoms with van der Waals surface area (Å²) in [5.74, 6) is 0. The monoisotopic (exact) mass is 570 g/mol. The third-order valence-electron chi connectivity index (χ3n) is 8.51. The lowest BCUT2D eigenvalue weighted by Gasteiger charge is -2.21. The normalized spacial score (nSPS) is 12.5. The highest BCUT2D eigenvalue weighted by molar-refractivity contribution is 4.58. The molecule has 0 bridgehead atoms. The first kappa shape index (κ1) is 39.8. The number of aliphatic hydroxyl groups excluding tert-OH is 2. The lowest BCUT2D eigenvalue weighted by molar-refractivity contribution is -0.0896. The van der Waals surface area contributed by atoms with E-state index >= 15 is 0 Å². The van der Waals surface area contributed by atoms with Gasteiger partial charge in [0.25, 0.3) is 0 Å². The Morgan fingerprint density at radius 1 is 0.450 bits per heavy atom. The molecule has 4 nitrogen and oxygen atoms in total. The van der Waals surface area contributed by atoms with E-state index in [0.29, 0.717) is 13.2 Å². The van der Waals surface area contributed by atoms with Crippen LogP contribution < -0.4 is 0 Å². The Hall–Kier alpha value is -0.160. The van der Waals surface area contributed by atoms with E-state index in [9.17, 15) is 10.2 Å². The van der Waals surface area contributed by atoms with Crippen molar-refractivity contribution >= 4 is 0 Å². The van der Waals surface area contributed by atoms with Crippen LogP contribution in [0.1, 0.15) is 194 Å². The van der Waals surface area contributed by atoms with Crippen LogP contribution in [-0.4, -0.2) is 54.3 Å². The number of hydrogen-bond acceptors (Lipinski definition) is 4. The number of ether oxygens (including phenoxy) is 1. The number of hydrogen-bond donors (Lipinski definition) is 2. The van der Waals surface area contributed by atoms with Crippen molar-refractivity contribution in [2.75, 3.05) is 32.8 Å². The SMILES string of the molecule is CCCCCCCCCCCCCCCCCCCCCCCCCCCCCCN(CCO)CCOC(C)O. The van der Waals surface area contributed by atoms with E-state index in [1.54, 1.807) is 6.92 Å². The van der Waals surface area contributed by atoms with Crippen LogP contribution in [0.25, 0.3) is 0 Å². The first-order chi connectivity index (χ1) is 19.7. The molecule has 0 aliphatic heterocycles. The second kappa shape index (κ2) is 35.0. The first-order valence-corrected chi connectivity index (χ1v) is 18.3.